The summed E-state index contributed by atoms with van der Waals surface area (Å²) in [5, 5.41) is 44.6. The number of nitrogens with zero attached hydrogens (tertiary/aromatic N) is 6. The second kappa shape index (κ2) is 19.0. The first-order valence-electron chi connectivity index (χ1n) is 12.7. The predicted octanol–water partition coefficient (Wildman–Crippen LogP) is 5.21. The summed E-state index contributed by atoms with van der Waals surface area (Å²) in [6.45, 7) is 0. The molecule has 3 aromatic carbocycles. The third-order valence-corrected chi connectivity index (χ3v) is 5.65. The molecule has 0 saturated heterocycles. The van der Waals surface area contributed by atoms with E-state index in [1.54, 1.807) is 43.0 Å². The molecule has 233 valence electrons. The van der Waals surface area contributed by atoms with E-state index in [2.05, 4.69) is 68.5 Å². The summed E-state index contributed by atoms with van der Waals surface area (Å²) in [7, 11) is 0. The van der Waals surface area contributed by atoms with E-state index in [0.29, 0.717) is 0 Å². The maximum atomic E-state index is 10.5. The zero-order chi connectivity index (χ0) is 32.6. The number of pyridine rings is 4. The van der Waals surface area contributed by atoms with Crippen molar-refractivity contribution in [3.05, 3.63) is 169 Å². The average molecular weight is 768 g/mol. The summed E-state index contributed by atoms with van der Waals surface area (Å²) in [6.07, 6.45) is 7.21. The zero-order valence-electron chi connectivity index (χ0n) is 23.4. The summed E-state index contributed by atoms with van der Waals surface area (Å²) >= 11 is 0. The molecule has 14 nitrogen and oxygen atoms in total. The van der Waals surface area contributed by atoms with Crippen molar-refractivity contribution in [2.45, 2.75) is 0 Å². The molecule has 15 heteroatoms. The molecule has 0 bridgehead atoms. The van der Waals surface area contributed by atoms with Gasteiger partial charge < -0.3 is 35.7 Å². The van der Waals surface area contributed by atoms with Gasteiger partial charge in [-0.2, -0.15) is 0 Å². The van der Waals surface area contributed by atoms with Gasteiger partial charge in [0.15, 0.2) is 5.43 Å². The van der Waals surface area contributed by atoms with Gasteiger partial charge in [0.2, 0.25) is 0 Å². The maximum Gasteiger partial charge on any atom is 3.00 e. The first kappa shape index (κ1) is 36.6. The maximum absolute atomic E-state index is 10.5. The average Bonchev–Trinajstić information content (AvgIpc) is 3.23. The van der Waals surface area contributed by atoms with E-state index in [0.717, 1.165) is 43.6 Å². The van der Waals surface area contributed by atoms with E-state index in [4.69, 9.17) is 30.6 Å². The Morgan fingerprint density at radius 3 is 1.02 bits per heavy atom. The van der Waals surface area contributed by atoms with Crippen molar-refractivity contribution >= 4 is 43.6 Å². The van der Waals surface area contributed by atoms with Crippen molar-refractivity contribution < 1.29 is 53.5 Å². The number of aromatic nitrogens is 4. The van der Waals surface area contributed by atoms with E-state index in [-0.39, 0.29) is 38.2 Å². The minimum Gasteiger partial charge on any atom is -0.870 e. The van der Waals surface area contributed by atoms with Crippen LogP contribution in [0, 0.1) is 68.8 Å². The van der Waals surface area contributed by atoms with Crippen LogP contribution in [0.4, 0.5) is 0 Å². The first-order chi connectivity index (χ1) is 21.7. The number of fused-ring (bicyclic) bond motifs is 6. The van der Waals surface area contributed by atoms with Crippen LogP contribution < -0.4 is 10.5 Å². The number of hydrogen-bond acceptors (Lipinski definition) is 12. The van der Waals surface area contributed by atoms with Crippen LogP contribution in [0.5, 0.6) is 5.75 Å². The normalized spacial score (nSPS) is 9.39. The van der Waals surface area contributed by atoms with E-state index in [1.807, 2.05) is 24.3 Å². The summed E-state index contributed by atoms with van der Waals surface area (Å²) in [5.74, 6) is -0.458. The van der Waals surface area contributed by atoms with Crippen LogP contribution in [0.1, 0.15) is 0 Å². The quantitative estimate of drug-likeness (QED) is 0.110. The van der Waals surface area contributed by atoms with Gasteiger partial charge in [0.25, 0.3) is 0 Å². The Morgan fingerprint density at radius 2 is 0.717 bits per heavy atom. The molecule has 0 saturated carbocycles. The van der Waals surface area contributed by atoms with Gasteiger partial charge in [-0.3, -0.25) is 24.7 Å². The van der Waals surface area contributed by atoms with Crippen molar-refractivity contribution in [2.24, 2.45) is 0 Å². The van der Waals surface area contributed by atoms with Crippen LogP contribution in [0.25, 0.3) is 43.6 Å². The monoisotopic (exact) mass is 769 g/mol. The van der Waals surface area contributed by atoms with Crippen molar-refractivity contribution in [3.63, 3.8) is 0 Å². The fourth-order valence-corrected chi connectivity index (χ4v) is 3.87. The minimum absolute atomic E-state index is 0. The van der Waals surface area contributed by atoms with Crippen molar-refractivity contribution in [3.8, 4) is 5.75 Å². The van der Waals surface area contributed by atoms with Gasteiger partial charge in [-0.15, -0.1) is 0 Å². The fraction of sp³-hybridized carbons (Fsp3) is 0. The molecule has 4 aromatic heterocycles. The molecular weight excluding hydrogens is 747 g/mol. The molecule has 0 aliphatic heterocycles. The molecule has 7 aromatic rings. The summed E-state index contributed by atoms with van der Waals surface area (Å²) in [5.41, 5.74) is 3.45. The van der Waals surface area contributed by atoms with Gasteiger partial charge in [0.05, 0.1) is 32.2 Å². The van der Waals surface area contributed by atoms with Crippen molar-refractivity contribution in [2.75, 3.05) is 0 Å². The third-order valence-electron chi connectivity index (χ3n) is 5.65. The van der Waals surface area contributed by atoms with Crippen molar-refractivity contribution in [1.29, 1.82) is 0 Å². The second-order valence-electron chi connectivity index (χ2n) is 8.52. The Kier molecular flexibility index (Phi) is 15.1. The molecule has 0 aliphatic rings. The first-order valence-corrected chi connectivity index (χ1v) is 12.7. The molecule has 0 unspecified atom stereocenters. The van der Waals surface area contributed by atoms with Gasteiger partial charge >= 0.3 is 38.2 Å². The molecule has 0 aliphatic carbocycles. The standard InChI is InChI=1S/2C12H8N2.C7H6O2.Dy.2NO3/c2*1-3-9-5-6-10-4-2-8-14-12(10)11(9)13-7-1;8-6-4-2-1-3-5-7(6)9;;2*2-1(3)4/h2*1-8H;1-5H,(H,8,9);;;/q;;;+3;2*-1/p-1. The zero-order valence-corrected chi connectivity index (χ0v) is 25.4. The summed E-state index contributed by atoms with van der Waals surface area (Å²) in [4.78, 5) is 44.4. The fourth-order valence-electron chi connectivity index (χ4n) is 3.87. The molecule has 4 heterocycles. The number of benzene rings is 2. The van der Waals surface area contributed by atoms with Crippen molar-refractivity contribution in [1.82, 2.24) is 19.9 Å². The topological polar surface area (TPSA) is 224 Å². The van der Waals surface area contributed by atoms with Gasteiger partial charge in [-0.1, -0.05) is 78.5 Å². The van der Waals surface area contributed by atoms with E-state index < -0.39 is 21.4 Å². The van der Waals surface area contributed by atoms with Crippen LogP contribution in [0.3, 0.4) is 0 Å². The SMILES string of the molecule is O=[N+]([O-])[O-].O=[N+]([O-])[O-].O=c1cccccc1[O-].[Dy+3].c1cnc2c(c1)ccc1cccnc12.c1cnc2c(c1)ccc1cccnc12. The summed E-state index contributed by atoms with van der Waals surface area (Å²) < 4.78 is 0. The third kappa shape index (κ3) is 11.5. The smallest absolute Gasteiger partial charge is 0.870 e. The Morgan fingerprint density at radius 1 is 0.435 bits per heavy atom. The molecule has 0 N–H and O–H groups in total. The van der Waals surface area contributed by atoms with Gasteiger partial charge in [0.1, 0.15) is 0 Å². The summed E-state index contributed by atoms with van der Waals surface area (Å²) in [6, 6.07) is 31.5. The molecule has 7 rings (SSSR count). The van der Waals surface area contributed by atoms with Gasteiger partial charge in [0, 0.05) is 46.3 Å². The van der Waals surface area contributed by atoms with E-state index in [9.17, 15) is 9.90 Å². The van der Waals surface area contributed by atoms with Crippen LogP contribution in [-0.2, 0) is 0 Å². The molecule has 0 fully saturated rings. The molecular formula is C31H21DyN6O8. The largest absolute Gasteiger partial charge is 3.00 e. The van der Waals surface area contributed by atoms with Gasteiger partial charge in [-0.25, -0.2) is 0 Å². The Bertz CT molecular complexity index is 1880. The molecule has 1 radical (unpaired) electrons. The Hall–Kier alpha value is -5.56. The molecule has 46 heavy (non-hydrogen) atoms. The van der Waals surface area contributed by atoms with Crippen LogP contribution in [0.15, 0.2) is 133 Å². The Labute approximate surface area is 289 Å². The molecule has 0 spiro atoms. The second-order valence-corrected chi connectivity index (χ2v) is 8.52. The molecule has 0 atom stereocenters. The Balaban J connectivity index is 0.000000217. The van der Waals surface area contributed by atoms with Crippen LogP contribution in [0.2, 0.25) is 0 Å². The predicted molar refractivity (Wildman–Crippen MR) is 167 cm³/mol. The minimum atomic E-state index is -1.75. The van der Waals surface area contributed by atoms with Crippen LogP contribution in [-0.4, -0.2) is 30.1 Å². The van der Waals surface area contributed by atoms with Crippen LogP contribution >= 0.6 is 0 Å². The van der Waals surface area contributed by atoms with E-state index in [1.165, 1.54) is 12.1 Å². The molecule has 0 amide bonds. The van der Waals surface area contributed by atoms with Gasteiger partial charge in [-0.05, 0) is 30.3 Å². The number of hydrogen-bond donors (Lipinski definition) is 0. The number of rotatable bonds is 0. The van der Waals surface area contributed by atoms with E-state index >= 15 is 0 Å².